The molecule has 0 unspecified atom stereocenters. The maximum absolute atomic E-state index is 4.50. The Morgan fingerprint density at radius 3 is 3.00 bits per heavy atom. The fraction of sp³-hybridized carbons (Fsp3) is 0.273. The molecule has 3 aromatic heterocycles. The third-order valence-corrected chi connectivity index (χ3v) is 3.48. The van der Waals surface area contributed by atoms with Crippen LogP contribution in [-0.4, -0.2) is 31.6 Å². The molecule has 3 rings (SSSR count). The minimum Gasteiger partial charge on any atom is -0.373 e. The van der Waals surface area contributed by atoms with Gasteiger partial charge >= 0.3 is 0 Å². The summed E-state index contributed by atoms with van der Waals surface area (Å²) in [7, 11) is 1.84. The number of hydrogen-bond donors (Lipinski definition) is 2. The zero-order valence-corrected chi connectivity index (χ0v) is 10.9. The molecular weight excluding hydrogens is 248 g/mol. The van der Waals surface area contributed by atoms with E-state index in [1.165, 1.54) is 11.5 Å². The molecule has 0 atom stereocenters. The molecule has 0 radical (unpaired) electrons. The van der Waals surface area contributed by atoms with E-state index in [0.717, 1.165) is 34.2 Å². The summed E-state index contributed by atoms with van der Waals surface area (Å²) in [4.78, 5) is 13.1. The van der Waals surface area contributed by atoms with Crippen molar-refractivity contribution in [2.24, 2.45) is 0 Å². The summed E-state index contributed by atoms with van der Waals surface area (Å²) < 4.78 is 3.97. The Labute approximate surface area is 108 Å². The highest BCUT2D eigenvalue weighted by molar-refractivity contribution is 7.09. The third kappa shape index (κ3) is 1.72. The first kappa shape index (κ1) is 11.1. The number of H-pyrrole nitrogens is 1. The summed E-state index contributed by atoms with van der Waals surface area (Å²) in [6, 6.07) is 3.88. The van der Waals surface area contributed by atoms with Crippen molar-refractivity contribution < 1.29 is 0 Å². The second-order valence-corrected chi connectivity index (χ2v) is 4.56. The molecule has 3 aromatic rings. The van der Waals surface area contributed by atoms with E-state index >= 15 is 0 Å². The molecule has 18 heavy (non-hydrogen) atoms. The number of nitrogens with zero attached hydrogens (tertiary/aromatic N) is 4. The van der Waals surface area contributed by atoms with Crippen LogP contribution < -0.4 is 5.32 Å². The number of pyridine rings is 1. The van der Waals surface area contributed by atoms with Gasteiger partial charge in [0.15, 0.2) is 11.5 Å². The van der Waals surface area contributed by atoms with E-state index in [4.69, 9.17) is 0 Å². The van der Waals surface area contributed by atoms with Gasteiger partial charge in [-0.05, 0) is 30.1 Å². The molecule has 6 nitrogen and oxygen atoms in total. The molecule has 92 valence electrons. The van der Waals surface area contributed by atoms with Gasteiger partial charge in [-0.15, -0.1) is 5.10 Å². The van der Waals surface area contributed by atoms with Crippen LogP contribution in [0.25, 0.3) is 21.9 Å². The molecule has 0 aliphatic carbocycles. The monoisotopic (exact) mass is 260 g/mol. The van der Waals surface area contributed by atoms with Crippen molar-refractivity contribution in [3.8, 4) is 10.7 Å². The molecule has 0 bridgehead atoms. The topological polar surface area (TPSA) is 79.4 Å². The highest BCUT2D eigenvalue weighted by atomic mass is 32.1. The highest BCUT2D eigenvalue weighted by Crippen LogP contribution is 2.25. The first-order chi connectivity index (χ1) is 8.81. The number of aryl methyl sites for hydroxylation is 1. The first-order valence-electron chi connectivity index (χ1n) is 5.68. The zero-order chi connectivity index (χ0) is 12.5. The minimum absolute atomic E-state index is 0.701. The van der Waals surface area contributed by atoms with E-state index in [1.807, 2.05) is 19.2 Å². The van der Waals surface area contributed by atoms with Crippen LogP contribution in [0.3, 0.4) is 0 Å². The van der Waals surface area contributed by atoms with Crippen molar-refractivity contribution >= 4 is 28.5 Å². The normalized spacial score (nSPS) is 11.0. The lowest BCUT2D eigenvalue weighted by Gasteiger charge is -1.95. The van der Waals surface area contributed by atoms with E-state index in [-0.39, 0.29) is 0 Å². The van der Waals surface area contributed by atoms with Gasteiger partial charge in [0.1, 0.15) is 10.7 Å². The first-order valence-corrected chi connectivity index (χ1v) is 6.45. The van der Waals surface area contributed by atoms with Crippen LogP contribution in [-0.2, 0) is 6.42 Å². The summed E-state index contributed by atoms with van der Waals surface area (Å²) >= 11 is 1.35. The average molecular weight is 260 g/mol. The van der Waals surface area contributed by atoms with Crippen LogP contribution in [0.1, 0.15) is 12.6 Å². The molecule has 0 fully saturated rings. The van der Waals surface area contributed by atoms with Gasteiger partial charge in [-0.2, -0.15) is 0 Å². The van der Waals surface area contributed by atoms with Gasteiger partial charge in [0.05, 0.1) is 11.2 Å². The summed E-state index contributed by atoms with van der Waals surface area (Å²) in [5, 5.41) is 7.09. The zero-order valence-electron chi connectivity index (χ0n) is 10.1. The van der Waals surface area contributed by atoms with Crippen molar-refractivity contribution in [2.75, 3.05) is 12.4 Å². The molecule has 0 aromatic carbocycles. The predicted octanol–water partition coefficient (Wildman–Crippen LogP) is 2.08. The SMILES string of the molecule is CCc1nnsc1-c1nc2nc(NC)ccc2[nH]1. The second-order valence-electron chi connectivity index (χ2n) is 3.81. The van der Waals surface area contributed by atoms with Crippen molar-refractivity contribution in [1.29, 1.82) is 0 Å². The smallest absolute Gasteiger partial charge is 0.180 e. The number of nitrogens with one attached hydrogen (secondary N) is 2. The fourth-order valence-electron chi connectivity index (χ4n) is 1.76. The van der Waals surface area contributed by atoms with Gasteiger partial charge < -0.3 is 10.3 Å². The Morgan fingerprint density at radius 1 is 1.33 bits per heavy atom. The van der Waals surface area contributed by atoms with Crippen LogP contribution >= 0.6 is 11.5 Å². The summed E-state index contributed by atoms with van der Waals surface area (Å²) in [5.74, 6) is 1.59. The van der Waals surface area contributed by atoms with Crippen molar-refractivity contribution in [2.45, 2.75) is 13.3 Å². The number of hydrogen-bond acceptors (Lipinski definition) is 6. The summed E-state index contributed by atoms with van der Waals surface area (Å²) in [6.45, 7) is 2.06. The molecule has 0 aliphatic rings. The maximum atomic E-state index is 4.50. The Hall–Kier alpha value is -2.02. The lowest BCUT2D eigenvalue weighted by molar-refractivity contribution is 0.990. The van der Waals surface area contributed by atoms with Crippen LogP contribution in [0.2, 0.25) is 0 Å². The third-order valence-electron chi connectivity index (χ3n) is 2.71. The van der Waals surface area contributed by atoms with E-state index in [2.05, 4.69) is 36.8 Å². The molecule has 3 heterocycles. The molecule has 0 saturated heterocycles. The molecule has 0 aliphatic heterocycles. The number of aromatic nitrogens is 5. The Morgan fingerprint density at radius 2 is 2.22 bits per heavy atom. The molecule has 0 saturated carbocycles. The Kier molecular flexibility index (Phi) is 2.67. The van der Waals surface area contributed by atoms with Gasteiger partial charge in [-0.3, -0.25) is 0 Å². The van der Waals surface area contributed by atoms with E-state index in [0.29, 0.717) is 5.65 Å². The number of fused-ring (bicyclic) bond motifs is 1. The number of rotatable bonds is 3. The van der Waals surface area contributed by atoms with Crippen molar-refractivity contribution in [3.05, 3.63) is 17.8 Å². The lowest BCUT2D eigenvalue weighted by atomic mass is 10.3. The largest absolute Gasteiger partial charge is 0.373 e. The lowest BCUT2D eigenvalue weighted by Crippen LogP contribution is -1.91. The van der Waals surface area contributed by atoms with Crippen molar-refractivity contribution in [1.82, 2.24) is 24.5 Å². The van der Waals surface area contributed by atoms with Gasteiger partial charge in [0, 0.05) is 7.05 Å². The number of anilines is 1. The number of aromatic amines is 1. The van der Waals surface area contributed by atoms with Gasteiger partial charge in [0.25, 0.3) is 0 Å². The summed E-state index contributed by atoms with van der Waals surface area (Å²) in [6.07, 6.45) is 0.845. The fourth-order valence-corrected chi connectivity index (χ4v) is 2.45. The Balaban J connectivity index is 2.13. The Bertz CT molecular complexity index is 686. The van der Waals surface area contributed by atoms with Gasteiger partial charge in [0.2, 0.25) is 0 Å². The molecule has 7 heteroatoms. The summed E-state index contributed by atoms with van der Waals surface area (Å²) in [5.41, 5.74) is 2.58. The van der Waals surface area contributed by atoms with Crippen LogP contribution in [0, 0.1) is 0 Å². The average Bonchev–Trinajstić information content (AvgIpc) is 3.03. The maximum Gasteiger partial charge on any atom is 0.180 e. The molecule has 2 N–H and O–H groups in total. The molecular formula is C11H12N6S. The van der Waals surface area contributed by atoms with Crippen molar-refractivity contribution in [3.63, 3.8) is 0 Å². The standard InChI is InChI=1S/C11H12N6S/c1-3-6-9(18-17-16-6)11-13-7-4-5-8(12-2)14-10(7)15-11/h4-5H,3H2,1-2H3,(H2,12,13,14,15). The van der Waals surface area contributed by atoms with Crippen LogP contribution in [0.4, 0.5) is 5.82 Å². The number of imidazole rings is 1. The van der Waals surface area contributed by atoms with Gasteiger partial charge in [-0.25, -0.2) is 9.97 Å². The van der Waals surface area contributed by atoms with Crippen LogP contribution in [0.15, 0.2) is 12.1 Å². The second kappa shape index (κ2) is 4.34. The van der Waals surface area contributed by atoms with E-state index in [9.17, 15) is 0 Å². The van der Waals surface area contributed by atoms with E-state index in [1.54, 1.807) is 0 Å². The van der Waals surface area contributed by atoms with Crippen LogP contribution in [0.5, 0.6) is 0 Å². The molecule has 0 spiro atoms. The molecule has 0 amide bonds. The minimum atomic E-state index is 0.701. The quantitative estimate of drug-likeness (QED) is 0.753. The van der Waals surface area contributed by atoms with Gasteiger partial charge in [-0.1, -0.05) is 11.4 Å². The highest BCUT2D eigenvalue weighted by Gasteiger charge is 2.13. The predicted molar refractivity (Wildman–Crippen MR) is 71.7 cm³/mol. The van der Waals surface area contributed by atoms with E-state index < -0.39 is 0 Å².